The van der Waals surface area contributed by atoms with E-state index in [0.29, 0.717) is 11.5 Å². The Labute approximate surface area is 347 Å². The molecule has 1 aliphatic carbocycles. The van der Waals surface area contributed by atoms with Gasteiger partial charge in [-0.1, -0.05) is 135 Å². The summed E-state index contributed by atoms with van der Waals surface area (Å²) in [7, 11) is 0. The molecule has 0 spiro atoms. The molecule has 0 bridgehead atoms. The van der Waals surface area contributed by atoms with Gasteiger partial charge < -0.3 is 13.7 Å². The Balaban J connectivity index is 0.956. The van der Waals surface area contributed by atoms with Crippen LogP contribution in [0.25, 0.3) is 88.6 Å². The van der Waals surface area contributed by atoms with Gasteiger partial charge >= 0.3 is 0 Å². The lowest BCUT2D eigenvalue weighted by Gasteiger charge is -2.29. The fourth-order valence-corrected chi connectivity index (χ4v) is 9.43. The molecule has 9 aromatic carbocycles. The second kappa shape index (κ2) is 13.2. The largest absolute Gasteiger partial charge is 0.456 e. The minimum atomic E-state index is -0.0748. The molecule has 0 atom stereocenters. The SMILES string of the molecule is CC1(C)c2ccccc2-c2cc(N(c3ccc(-c4ccc5c(c4)oc4cc6oc(-c7ccccc7)nc6cc45)cc3)c3ccccc3-c3ccc4ccccc4c3)ccc21. The Morgan fingerprint density at radius 1 is 0.417 bits per heavy atom. The van der Waals surface area contributed by atoms with Gasteiger partial charge in [0.05, 0.1) is 5.69 Å². The first kappa shape index (κ1) is 34.4. The molecule has 4 nitrogen and oxygen atoms in total. The van der Waals surface area contributed by atoms with Crippen LogP contribution in [0.5, 0.6) is 0 Å². The van der Waals surface area contributed by atoms with Crippen molar-refractivity contribution >= 4 is 60.9 Å². The highest BCUT2D eigenvalue weighted by Gasteiger charge is 2.35. The molecule has 2 heterocycles. The first-order valence-electron chi connectivity index (χ1n) is 20.5. The summed E-state index contributed by atoms with van der Waals surface area (Å²) in [4.78, 5) is 7.22. The standard InChI is InChI=1S/C56H38N2O2/c1-56(2)48-18-10-8-17-44(48)46-32-42(27-29-49(46)56)58(51-19-11-9-16-43(51)40-21-20-35-12-6-7-15-38(35)30-40)41-25-22-36(23-26-41)39-24-28-45-47-33-50-54(34-53(47)59-52(45)31-39)60-55(57-50)37-13-4-3-5-14-37/h3-34H,1-2H3. The van der Waals surface area contributed by atoms with Gasteiger partial charge in [0.25, 0.3) is 0 Å². The number of hydrogen-bond acceptors (Lipinski definition) is 4. The predicted octanol–water partition coefficient (Wildman–Crippen LogP) is 15.7. The zero-order valence-electron chi connectivity index (χ0n) is 33.2. The molecule has 60 heavy (non-hydrogen) atoms. The highest BCUT2D eigenvalue weighted by molar-refractivity contribution is 6.09. The highest BCUT2D eigenvalue weighted by Crippen LogP contribution is 2.51. The molecule has 0 unspecified atom stereocenters. The monoisotopic (exact) mass is 770 g/mol. The van der Waals surface area contributed by atoms with Crippen molar-refractivity contribution in [2.24, 2.45) is 0 Å². The lowest BCUT2D eigenvalue weighted by molar-refractivity contribution is 0.617. The topological polar surface area (TPSA) is 42.4 Å². The van der Waals surface area contributed by atoms with Gasteiger partial charge in [0.15, 0.2) is 5.58 Å². The maximum absolute atomic E-state index is 6.48. The molecule has 0 fully saturated rings. The lowest BCUT2D eigenvalue weighted by atomic mass is 9.82. The minimum Gasteiger partial charge on any atom is -0.456 e. The van der Waals surface area contributed by atoms with E-state index in [1.807, 2.05) is 36.4 Å². The molecule has 12 rings (SSSR count). The van der Waals surface area contributed by atoms with Crippen LogP contribution in [0.1, 0.15) is 25.0 Å². The lowest BCUT2D eigenvalue weighted by Crippen LogP contribution is -2.15. The summed E-state index contributed by atoms with van der Waals surface area (Å²) in [5, 5.41) is 4.53. The molecule has 0 N–H and O–H groups in total. The third kappa shape index (κ3) is 5.41. The number of benzene rings is 9. The summed E-state index contributed by atoms with van der Waals surface area (Å²) in [6, 6.07) is 69.4. The van der Waals surface area contributed by atoms with E-state index in [1.54, 1.807) is 0 Å². The van der Waals surface area contributed by atoms with Gasteiger partial charge in [-0.05, 0) is 116 Å². The predicted molar refractivity (Wildman–Crippen MR) is 247 cm³/mol. The number of nitrogens with zero attached hydrogens (tertiary/aromatic N) is 2. The van der Waals surface area contributed by atoms with Crippen LogP contribution in [0, 0.1) is 0 Å². The highest BCUT2D eigenvalue weighted by atomic mass is 16.4. The van der Waals surface area contributed by atoms with E-state index in [1.165, 1.54) is 44.2 Å². The van der Waals surface area contributed by atoms with Crippen molar-refractivity contribution in [3.05, 3.63) is 205 Å². The third-order valence-electron chi connectivity index (χ3n) is 12.5. The van der Waals surface area contributed by atoms with Crippen molar-refractivity contribution in [3.8, 4) is 44.8 Å². The zero-order chi connectivity index (χ0) is 40.0. The molecular formula is C56H38N2O2. The second-order valence-electron chi connectivity index (χ2n) is 16.4. The van der Waals surface area contributed by atoms with E-state index in [0.717, 1.165) is 61.2 Å². The second-order valence-corrected chi connectivity index (χ2v) is 16.4. The third-order valence-corrected chi connectivity index (χ3v) is 12.5. The maximum atomic E-state index is 6.48. The molecule has 0 radical (unpaired) electrons. The van der Waals surface area contributed by atoms with Gasteiger partial charge in [-0.25, -0.2) is 4.98 Å². The number of fused-ring (bicyclic) bond motifs is 8. The van der Waals surface area contributed by atoms with E-state index >= 15 is 0 Å². The Morgan fingerprint density at radius 2 is 1.10 bits per heavy atom. The van der Waals surface area contributed by atoms with Crippen LogP contribution in [0.3, 0.4) is 0 Å². The van der Waals surface area contributed by atoms with Gasteiger partial charge in [-0.15, -0.1) is 0 Å². The number of furan rings is 1. The Hall–Kier alpha value is -7.69. The molecule has 0 saturated carbocycles. The Morgan fingerprint density at radius 3 is 1.97 bits per heavy atom. The average Bonchev–Trinajstić information content (AvgIpc) is 3.95. The Bertz CT molecular complexity index is 3460. The summed E-state index contributed by atoms with van der Waals surface area (Å²) in [6.45, 7) is 4.67. The van der Waals surface area contributed by atoms with Crippen LogP contribution < -0.4 is 4.90 Å². The van der Waals surface area contributed by atoms with Gasteiger partial charge in [-0.3, -0.25) is 0 Å². The van der Waals surface area contributed by atoms with Gasteiger partial charge in [0, 0.05) is 44.8 Å². The molecule has 4 heteroatoms. The molecule has 1 aliphatic rings. The molecule has 11 aromatic rings. The summed E-state index contributed by atoms with van der Waals surface area (Å²) in [6.07, 6.45) is 0. The number of anilines is 3. The van der Waals surface area contributed by atoms with E-state index in [2.05, 4.69) is 176 Å². The molecule has 284 valence electrons. The van der Waals surface area contributed by atoms with Crippen molar-refractivity contribution in [2.45, 2.75) is 19.3 Å². The minimum absolute atomic E-state index is 0.0748. The fraction of sp³-hybridized carbons (Fsp3) is 0.0536. The van der Waals surface area contributed by atoms with Crippen LogP contribution in [-0.2, 0) is 5.41 Å². The van der Waals surface area contributed by atoms with Gasteiger partial charge in [0.2, 0.25) is 5.89 Å². The summed E-state index contributed by atoms with van der Waals surface area (Å²) in [5.41, 5.74) is 17.2. The van der Waals surface area contributed by atoms with Crippen molar-refractivity contribution in [3.63, 3.8) is 0 Å². The first-order valence-corrected chi connectivity index (χ1v) is 20.5. The maximum Gasteiger partial charge on any atom is 0.227 e. The summed E-state index contributed by atoms with van der Waals surface area (Å²) in [5.74, 6) is 0.606. The van der Waals surface area contributed by atoms with E-state index < -0.39 is 0 Å². The number of rotatable bonds is 6. The van der Waals surface area contributed by atoms with E-state index in [-0.39, 0.29) is 5.41 Å². The quantitative estimate of drug-likeness (QED) is 0.169. The van der Waals surface area contributed by atoms with Crippen molar-refractivity contribution in [2.75, 3.05) is 4.90 Å². The number of oxazole rings is 1. The van der Waals surface area contributed by atoms with Gasteiger partial charge in [0.1, 0.15) is 16.7 Å². The average molecular weight is 771 g/mol. The Kier molecular flexibility index (Phi) is 7.54. The van der Waals surface area contributed by atoms with Gasteiger partial charge in [-0.2, -0.15) is 0 Å². The molecule has 0 amide bonds. The van der Waals surface area contributed by atoms with Crippen LogP contribution >= 0.6 is 0 Å². The normalized spacial score (nSPS) is 13.0. The van der Waals surface area contributed by atoms with Crippen molar-refractivity contribution in [1.29, 1.82) is 0 Å². The smallest absolute Gasteiger partial charge is 0.227 e. The molecular weight excluding hydrogens is 733 g/mol. The van der Waals surface area contributed by atoms with Crippen molar-refractivity contribution in [1.82, 2.24) is 4.98 Å². The summed E-state index contributed by atoms with van der Waals surface area (Å²) < 4.78 is 12.6. The number of para-hydroxylation sites is 1. The van der Waals surface area contributed by atoms with E-state index in [4.69, 9.17) is 13.8 Å². The zero-order valence-corrected chi connectivity index (χ0v) is 33.2. The molecule has 0 aliphatic heterocycles. The summed E-state index contributed by atoms with van der Waals surface area (Å²) >= 11 is 0. The van der Waals surface area contributed by atoms with Crippen LogP contribution in [-0.4, -0.2) is 4.98 Å². The molecule has 0 saturated heterocycles. The van der Waals surface area contributed by atoms with Crippen LogP contribution in [0.4, 0.5) is 17.1 Å². The van der Waals surface area contributed by atoms with Crippen LogP contribution in [0.15, 0.2) is 203 Å². The first-order chi connectivity index (χ1) is 29.5. The fourth-order valence-electron chi connectivity index (χ4n) is 9.43. The van der Waals surface area contributed by atoms with Crippen molar-refractivity contribution < 1.29 is 8.83 Å². The van der Waals surface area contributed by atoms with E-state index in [9.17, 15) is 0 Å². The number of aromatic nitrogens is 1. The number of hydrogen-bond donors (Lipinski definition) is 0. The molecule has 2 aromatic heterocycles. The van der Waals surface area contributed by atoms with Crippen LogP contribution in [0.2, 0.25) is 0 Å².